The summed E-state index contributed by atoms with van der Waals surface area (Å²) in [5.74, 6) is 0. The second kappa shape index (κ2) is 4.78. The van der Waals surface area contributed by atoms with Crippen LogP contribution in [0.15, 0.2) is 24.4 Å². The summed E-state index contributed by atoms with van der Waals surface area (Å²) < 4.78 is 1.61. The summed E-state index contributed by atoms with van der Waals surface area (Å²) in [6.07, 6.45) is 1.72. The van der Waals surface area contributed by atoms with Gasteiger partial charge in [0.25, 0.3) is 0 Å². The van der Waals surface area contributed by atoms with Gasteiger partial charge in [-0.1, -0.05) is 6.07 Å². The summed E-state index contributed by atoms with van der Waals surface area (Å²) in [6.45, 7) is 1.79. The van der Waals surface area contributed by atoms with Crippen LogP contribution in [-0.4, -0.2) is 14.7 Å². The number of aryl methyl sites for hydroxylation is 2. The van der Waals surface area contributed by atoms with E-state index in [1.165, 1.54) is 6.07 Å². The zero-order valence-electron chi connectivity index (χ0n) is 10.4. The molecule has 1 heterocycles. The molecule has 7 heteroatoms. The molecule has 1 aromatic heterocycles. The van der Waals surface area contributed by atoms with E-state index < -0.39 is 4.92 Å². The summed E-state index contributed by atoms with van der Waals surface area (Å²) in [6, 6.07) is 6.39. The van der Waals surface area contributed by atoms with Crippen LogP contribution >= 0.6 is 0 Å². The molecular weight excluding hydrogens is 246 g/mol. The summed E-state index contributed by atoms with van der Waals surface area (Å²) in [5.41, 5.74) is 1.46. The zero-order valence-corrected chi connectivity index (χ0v) is 10.4. The first-order valence-electron chi connectivity index (χ1n) is 5.47. The predicted octanol–water partition coefficient (Wildman–Crippen LogP) is 2.25. The molecule has 0 saturated heterocycles. The van der Waals surface area contributed by atoms with Crippen molar-refractivity contribution in [3.63, 3.8) is 0 Å². The number of nitriles is 1. The second-order valence-corrected chi connectivity index (χ2v) is 4.00. The van der Waals surface area contributed by atoms with Gasteiger partial charge in [-0.2, -0.15) is 10.4 Å². The van der Waals surface area contributed by atoms with E-state index in [0.29, 0.717) is 5.69 Å². The lowest BCUT2D eigenvalue weighted by molar-refractivity contribution is -0.384. The SMILES string of the molecule is Cc1nn(C)cc1Nc1cccc(C#N)c1[N+](=O)[O-]. The average Bonchev–Trinajstić information content (AvgIpc) is 2.67. The van der Waals surface area contributed by atoms with Gasteiger partial charge in [0.05, 0.1) is 16.3 Å². The number of benzene rings is 1. The Morgan fingerprint density at radius 1 is 1.47 bits per heavy atom. The molecule has 0 saturated carbocycles. The van der Waals surface area contributed by atoms with Gasteiger partial charge in [0, 0.05) is 13.2 Å². The smallest absolute Gasteiger partial charge is 0.310 e. The molecule has 0 radical (unpaired) electrons. The molecule has 1 aromatic carbocycles. The highest BCUT2D eigenvalue weighted by molar-refractivity contribution is 5.74. The van der Waals surface area contributed by atoms with Gasteiger partial charge < -0.3 is 5.32 Å². The van der Waals surface area contributed by atoms with Crippen molar-refractivity contribution in [1.82, 2.24) is 9.78 Å². The van der Waals surface area contributed by atoms with E-state index in [2.05, 4.69) is 10.4 Å². The van der Waals surface area contributed by atoms with Crippen molar-refractivity contribution in [2.75, 3.05) is 5.32 Å². The van der Waals surface area contributed by atoms with Crippen LogP contribution in [-0.2, 0) is 7.05 Å². The molecule has 0 amide bonds. The first-order valence-corrected chi connectivity index (χ1v) is 5.47. The summed E-state index contributed by atoms with van der Waals surface area (Å²) in [7, 11) is 1.76. The van der Waals surface area contributed by atoms with Crippen LogP contribution in [0, 0.1) is 28.4 Å². The normalized spacial score (nSPS) is 9.95. The Bertz CT molecular complexity index is 684. The Morgan fingerprint density at radius 3 is 2.74 bits per heavy atom. The second-order valence-electron chi connectivity index (χ2n) is 4.00. The fourth-order valence-corrected chi connectivity index (χ4v) is 1.80. The molecule has 0 aliphatic carbocycles. The highest BCUT2D eigenvalue weighted by Crippen LogP contribution is 2.31. The minimum absolute atomic E-state index is 0.0246. The quantitative estimate of drug-likeness (QED) is 0.671. The maximum absolute atomic E-state index is 11.1. The maximum Gasteiger partial charge on any atom is 0.310 e. The molecule has 0 unspecified atom stereocenters. The Hall–Kier alpha value is -2.88. The number of nitro benzene ring substituents is 1. The van der Waals surface area contributed by atoms with Crippen LogP contribution in [0.25, 0.3) is 0 Å². The van der Waals surface area contributed by atoms with Crippen molar-refractivity contribution >= 4 is 17.1 Å². The van der Waals surface area contributed by atoms with Gasteiger partial charge in [0.1, 0.15) is 17.3 Å². The van der Waals surface area contributed by atoms with Crippen LogP contribution in [0.5, 0.6) is 0 Å². The number of hydrogen-bond donors (Lipinski definition) is 1. The van der Waals surface area contributed by atoms with Gasteiger partial charge >= 0.3 is 5.69 Å². The highest BCUT2D eigenvalue weighted by atomic mass is 16.6. The minimum atomic E-state index is -0.563. The molecule has 0 fully saturated rings. The molecule has 0 aliphatic heterocycles. The van der Waals surface area contributed by atoms with Crippen molar-refractivity contribution in [2.45, 2.75) is 6.92 Å². The summed E-state index contributed by atoms with van der Waals surface area (Å²) in [5, 5.41) is 27.1. The Balaban J connectivity index is 2.49. The average molecular weight is 257 g/mol. The predicted molar refractivity (Wildman–Crippen MR) is 69.0 cm³/mol. The third kappa shape index (κ3) is 2.37. The van der Waals surface area contributed by atoms with E-state index in [1.807, 2.05) is 6.07 Å². The van der Waals surface area contributed by atoms with Crippen LogP contribution in [0.1, 0.15) is 11.3 Å². The fourth-order valence-electron chi connectivity index (χ4n) is 1.80. The largest absolute Gasteiger partial charge is 0.347 e. The number of para-hydroxylation sites is 1. The maximum atomic E-state index is 11.1. The summed E-state index contributed by atoms with van der Waals surface area (Å²) in [4.78, 5) is 10.5. The number of hydrogen-bond acceptors (Lipinski definition) is 5. The van der Waals surface area contributed by atoms with E-state index >= 15 is 0 Å². The number of nitrogens with one attached hydrogen (secondary N) is 1. The van der Waals surface area contributed by atoms with E-state index in [4.69, 9.17) is 5.26 Å². The molecule has 0 atom stereocenters. The lowest BCUT2D eigenvalue weighted by atomic mass is 10.1. The first kappa shape index (κ1) is 12.6. The Kier molecular flexibility index (Phi) is 3.16. The lowest BCUT2D eigenvalue weighted by Gasteiger charge is -2.06. The van der Waals surface area contributed by atoms with Crippen molar-refractivity contribution < 1.29 is 4.92 Å². The van der Waals surface area contributed by atoms with Gasteiger partial charge in [0.2, 0.25) is 0 Å². The molecular formula is C12H11N5O2. The van der Waals surface area contributed by atoms with Gasteiger partial charge in [-0.05, 0) is 19.1 Å². The van der Waals surface area contributed by atoms with Crippen molar-refractivity contribution in [1.29, 1.82) is 5.26 Å². The minimum Gasteiger partial charge on any atom is -0.347 e. The van der Waals surface area contributed by atoms with Crippen LogP contribution in [0.4, 0.5) is 17.1 Å². The van der Waals surface area contributed by atoms with E-state index in [9.17, 15) is 10.1 Å². The third-order valence-corrected chi connectivity index (χ3v) is 2.62. The van der Waals surface area contributed by atoms with Gasteiger partial charge in [-0.25, -0.2) is 0 Å². The van der Waals surface area contributed by atoms with E-state index in [1.54, 1.807) is 37.0 Å². The summed E-state index contributed by atoms with van der Waals surface area (Å²) >= 11 is 0. The van der Waals surface area contributed by atoms with Crippen molar-refractivity contribution in [2.24, 2.45) is 7.05 Å². The van der Waals surface area contributed by atoms with Crippen LogP contribution in [0.3, 0.4) is 0 Å². The monoisotopic (exact) mass is 257 g/mol. The fraction of sp³-hybridized carbons (Fsp3) is 0.167. The number of nitro groups is 1. The topological polar surface area (TPSA) is 96.8 Å². The molecule has 0 aliphatic rings. The molecule has 19 heavy (non-hydrogen) atoms. The molecule has 0 spiro atoms. The zero-order chi connectivity index (χ0) is 14.0. The highest BCUT2D eigenvalue weighted by Gasteiger charge is 2.20. The number of nitrogens with zero attached hydrogens (tertiary/aromatic N) is 4. The lowest BCUT2D eigenvalue weighted by Crippen LogP contribution is -1.99. The van der Waals surface area contributed by atoms with E-state index in [-0.39, 0.29) is 16.9 Å². The molecule has 0 bridgehead atoms. The van der Waals surface area contributed by atoms with E-state index in [0.717, 1.165) is 5.69 Å². The Labute approximate surface area is 109 Å². The molecule has 2 rings (SSSR count). The molecule has 1 N–H and O–H groups in total. The van der Waals surface area contributed by atoms with Crippen molar-refractivity contribution in [3.8, 4) is 6.07 Å². The molecule has 96 valence electrons. The Morgan fingerprint density at radius 2 is 2.21 bits per heavy atom. The van der Waals surface area contributed by atoms with Gasteiger partial charge in [-0.15, -0.1) is 0 Å². The third-order valence-electron chi connectivity index (χ3n) is 2.62. The van der Waals surface area contributed by atoms with Gasteiger partial charge in [-0.3, -0.25) is 14.8 Å². The van der Waals surface area contributed by atoms with Crippen LogP contribution < -0.4 is 5.32 Å². The standard InChI is InChI=1S/C12H11N5O2/c1-8-11(7-16(2)15-8)14-10-5-3-4-9(6-13)12(10)17(18)19/h3-5,7,14H,1-2H3. The van der Waals surface area contributed by atoms with Crippen molar-refractivity contribution in [3.05, 3.63) is 45.8 Å². The first-order chi connectivity index (χ1) is 9.02. The van der Waals surface area contributed by atoms with Gasteiger partial charge in [0.15, 0.2) is 0 Å². The molecule has 2 aromatic rings. The van der Waals surface area contributed by atoms with Crippen LogP contribution in [0.2, 0.25) is 0 Å². The molecule has 7 nitrogen and oxygen atoms in total. The number of aromatic nitrogens is 2. The number of rotatable bonds is 3. The number of anilines is 2.